The molecule has 0 unspecified atom stereocenters. The Hall–Kier alpha value is 1.25. The zero-order chi connectivity index (χ0) is 15.5. The van der Waals surface area contributed by atoms with Gasteiger partial charge in [-0.15, -0.1) is 44.3 Å². The Morgan fingerprint density at radius 1 is 0.750 bits per heavy atom. The van der Waals surface area contributed by atoms with Crippen LogP contribution in [0.5, 0.6) is 0 Å². The van der Waals surface area contributed by atoms with Crippen LogP contribution in [0.15, 0.2) is 12.2 Å². The average Bonchev–Trinajstić information content (AvgIpc) is 2.35. The van der Waals surface area contributed by atoms with E-state index >= 15 is 0 Å². The van der Waals surface area contributed by atoms with Crippen LogP contribution >= 0.6 is 44.3 Å². The van der Waals surface area contributed by atoms with Gasteiger partial charge in [0, 0.05) is 25.3 Å². The van der Waals surface area contributed by atoms with Gasteiger partial charge in [0.1, 0.15) is 0 Å². The van der Waals surface area contributed by atoms with Crippen molar-refractivity contribution in [3.05, 3.63) is 12.2 Å². The minimum atomic E-state index is -2.62. The summed E-state index contributed by atoms with van der Waals surface area (Å²) < 4.78 is 11.0. The number of hydrogen-bond acceptors (Lipinski definition) is 2. The Labute approximate surface area is 143 Å². The minimum absolute atomic E-state index is 0.535. The first-order chi connectivity index (χ1) is 9.33. The topological polar surface area (TPSA) is 18.5 Å². The van der Waals surface area contributed by atoms with E-state index in [0.717, 1.165) is 25.7 Å². The van der Waals surface area contributed by atoms with Crippen molar-refractivity contribution >= 4 is 58.2 Å². The molecule has 0 amide bonds. The lowest BCUT2D eigenvalue weighted by atomic mass is 10.4. The molecule has 0 rings (SSSR count). The first-order valence-electron chi connectivity index (χ1n) is 7.01. The van der Waals surface area contributed by atoms with Crippen LogP contribution in [0, 0.1) is 0 Å². The first-order valence-corrected chi connectivity index (χ1v) is 15.3. The van der Waals surface area contributed by atoms with Gasteiger partial charge in [-0.1, -0.05) is 38.8 Å². The molecule has 0 fully saturated rings. The molecule has 0 atom stereocenters. The molecule has 20 heavy (non-hydrogen) atoms. The van der Waals surface area contributed by atoms with Crippen LogP contribution in [-0.2, 0) is 8.85 Å². The number of rotatable bonds is 12. The lowest BCUT2D eigenvalue weighted by Crippen LogP contribution is -2.25. The molecule has 0 saturated carbocycles. The lowest BCUT2D eigenvalue weighted by Gasteiger charge is -2.16. The Kier molecular flexibility index (Phi) is 12.5. The van der Waals surface area contributed by atoms with E-state index in [1.807, 2.05) is 12.2 Å². The maximum atomic E-state index is 6.17. The van der Waals surface area contributed by atoms with Gasteiger partial charge in [-0.25, -0.2) is 0 Å². The van der Waals surface area contributed by atoms with Crippen molar-refractivity contribution < 1.29 is 8.85 Å². The van der Waals surface area contributed by atoms with Crippen molar-refractivity contribution in [1.29, 1.82) is 0 Å². The normalized spacial score (nSPS) is 13.3. The van der Waals surface area contributed by atoms with Crippen molar-refractivity contribution in [2.75, 3.05) is 13.2 Å². The van der Waals surface area contributed by atoms with Gasteiger partial charge in [0.05, 0.1) is 0 Å². The Morgan fingerprint density at radius 2 is 1.10 bits per heavy atom. The van der Waals surface area contributed by atoms with Crippen molar-refractivity contribution in [1.82, 2.24) is 0 Å². The van der Waals surface area contributed by atoms with E-state index in [2.05, 4.69) is 13.8 Å². The minimum Gasteiger partial charge on any atom is -0.392 e. The second-order valence-corrected chi connectivity index (χ2v) is 17.0. The quantitative estimate of drug-likeness (QED) is 0.174. The summed E-state index contributed by atoms with van der Waals surface area (Å²) in [4.78, 5) is 0. The average molecular weight is 398 g/mol. The maximum absolute atomic E-state index is 6.17. The van der Waals surface area contributed by atoms with Crippen LogP contribution in [-0.4, -0.2) is 27.1 Å². The molecule has 0 aliphatic heterocycles. The molecule has 0 aromatic rings. The fraction of sp³-hybridized carbons (Fsp3) is 0.833. The largest absolute Gasteiger partial charge is 0.393 e. The standard InChI is InChI=1S/C12H24Cl4O2Si2/c1-3-5-9-17-19(13,14)11-7-8-12-20(15,16)18-10-6-4-2/h7-8H,3-6,9-12H2,1-2H3. The fourth-order valence-electron chi connectivity index (χ4n) is 1.29. The molecule has 0 heterocycles. The van der Waals surface area contributed by atoms with Gasteiger partial charge in [0.2, 0.25) is 0 Å². The van der Waals surface area contributed by atoms with Gasteiger partial charge >= 0.3 is 13.9 Å². The highest BCUT2D eigenvalue weighted by Crippen LogP contribution is 2.26. The molecule has 0 bridgehead atoms. The van der Waals surface area contributed by atoms with Crippen LogP contribution in [0.2, 0.25) is 12.1 Å². The molecular weight excluding hydrogens is 374 g/mol. The second kappa shape index (κ2) is 11.8. The Bertz CT molecular complexity index is 250. The summed E-state index contributed by atoms with van der Waals surface area (Å²) >= 11 is 24.7. The maximum Gasteiger partial charge on any atom is 0.393 e. The summed E-state index contributed by atoms with van der Waals surface area (Å²) in [6.07, 6.45) is 7.87. The third-order valence-electron chi connectivity index (χ3n) is 2.50. The van der Waals surface area contributed by atoms with E-state index in [4.69, 9.17) is 53.2 Å². The van der Waals surface area contributed by atoms with Crippen molar-refractivity contribution in [2.24, 2.45) is 0 Å². The van der Waals surface area contributed by atoms with Crippen LogP contribution < -0.4 is 0 Å². The Morgan fingerprint density at radius 3 is 1.40 bits per heavy atom. The van der Waals surface area contributed by atoms with Crippen molar-refractivity contribution in [2.45, 2.75) is 51.6 Å². The summed E-state index contributed by atoms with van der Waals surface area (Å²) in [6, 6.07) is 1.07. The zero-order valence-electron chi connectivity index (χ0n) is 12.1. The van der Waals surface area contributed by atoms with E-state index in [-0.39, 0.29) is 0 Å². The third kappa shape index (κ3) is 13.0. The van der Waals surface area contributed by atoms with E-state index in [1.54, 1.807) is 0 Å². The summed E-state index contributed by atoms with van der Waals surface area (Å²) in [6.45, 7) is 0.185. The zero-order valence-corrected chi connectivity index (χ0v) is 17.2. The number of unbranched alkanes of at least 4 members (excludes halogenated alkanes) is 2. The lowest BCUT2D eigenvalue weighted by molar-refractivity contribution is 0.316. The van der Waals surface area contributed by atoms with Crippen LogP contribution in [0.25, 0.3) is 0 Å². The summed E-state index contributed by atoms with van der Waals surface area (Å²) in [5, 5.41) is 0. The molecule has 0 aromatic heterocycles. The summed E-state index contributed by atoms with van der Waals surface area (Å²) in [5.74, 6) is 0. The predicted octanol–water partition coefficient (Wildman–Crippen LogP) is 6.01. The molecule has 0 saturated heterocycles. The molecule has 0 spiro atoms. The molecule has 0 aliphatic carbocycles. The van der Waals surface area contributed by atoms with E-state index in [0.29, 0.717) is 25.3 Å². The van der Waals surface area contributed by atoms with Gasteiger partial charge in [0.15, 0.2) is 0 Å². The van der Waals surface area contributed by atoms with Gasteiger partial charge in [-0.05, 0) is 12.8 Å². The molecule has 2 nitrogen and oxygen atoms in total. The number of hydrogen-bond donors (Lipinski definition) is 0. The summed E-state index contributed by atoms with van der Waals surface area (Å²) in [5.41, 5.74) is 0. The van der Waals surface area contributed by atoms with Crippen LogP contribution in [0.3, 0.4) is 0 Å². The highest BCUT2D eigenvalue weighted by atomic mass is 35.7. The Balaban J connectivity index is 3.92. The predicted molar refractivity (Wildman–Crippen MR) is 95.4 cm³/mol. The second-order valence-electron chi connectivity index (χ2n) is 4.56. The summed E-state index contributed by atoms with van der Waals surface area (Å²) in [7, 11) is 0. The monoisotopic (exact) mass is 396 g/mol. The fourth-order valence-corrected chi connectivity index (χ4v) is 5.29. The molecule has 0 N–H and O–H groups in total. The van der Waals surface area contributed by atoms with Gasteiger partial charge in [-0.2, -0.15) is 0 Å². The SMILES string of the molecule is CCCCO[Si](Cl)(Cl)CC=CC[Si](Cl)(Cl)OCCCC. The molecule has 0 aromatic carbocycles. The van der Waals surface area contributed by atoms with Crippen LogP contribution in [0.1, 0.15) is 39.5 Å². The van der Waals surface area contributed by atoms with Crippen molar-refractivity contribution in [3.8, 4) is 0 Å². The highest BCUT2D eigenvalue weighted by molar-refractivity contribution is 7.43. The molecule has 0 radical (unpaired) electrons. The highest BCUT2D eigenvalue weighted by Gasteiger charge is 2.30. The van der Waals surface area contributed by atoms with E-state index < -0.39 is 13.9 Å². The van der Waals surface area contributed by atoms with Crippen molar-refractivity contribution in [3.63, 3.8) is 0 Å². The van der Waals surface area contributed by atoms with Gasteiger partial charge in [-0.3, -0.25) is 0 Å². The molecular formula is C12H24Cl4O2Si2. The van der Waals surface area contributed by atoms with Crippen LogP contribution in [0.4, 0.5) is 0 Å². The number of allylic oxidation sites excluding steroid dienone is 2. The number of halogens is 4. The van der Waals surface area contributed by atoms with E-state index in [9.17, 15) is 0 Å². The molecule has 8 heteroatoms. The van der Waals surface area contributed by atoms with E-state index in [1.165, 1.54) is 0 Å². The van der Waals surface area contributed by atoms with Gasteiger partial charge < -0.3 is 8.85 Å². The van der Waals surface area contributed by atoms with Gasteiger partial charge in [0.25, 0.3) is 0 Å². The molecule has 120 valence electrons. The molecule has 0 aliphatic rings. The first kappa shape index (κ1) is 21.3. The third-order valence-corrected chi connectivity index (χ3v) is 8.34. The smallest absolute Gasteiger partial charge is 0.392 e.